The number of aldehydes is 1. The Balaban J connectivity index is 2.24. The Bertz CT molecular complexity index is 731. The summed E-state index contributed by atoms with van der Waals surface area (Å²) in [6.45, 7) is 5.51. The molecule has 0 spiro atoms. The predicted molar refractivity (Wildman–Crippen MR) is 91.7 cm³/mol. The van der Waals surface area contributed by atoms with Crippen LogP contribution in [0, 0.1) is 0 Å². The topological polar surface area (TPSA) is 66.5 Å². The number of hydrazine groups is 1. The Morgan fingerprint density at radius 3 is 2.00 bits per heavy atom. The summed E-state index contributed by atoms with van der Waals surface area (Å²) < 4.78 is 0. The maximum Gasteiger partial charge on any atom is 0.272 e. The van der Waals surface area contributed by atoms with E-state index in [0.29, 0.717) is 23.0 Å². The lowest BCUT2D eigenvalue weighted by molar-refractivity contribution is 0.0358. The van der Waals surface area contributed by atoms with E-state index in [0.717, 1.165) is 0 Å². The van der Waals surface area contributed by atoms with Gasteiger partial charge in [-0.15, -0.1) is 0 Å². The Kier molecular flexibility index (Phi) is 5.14. The Morgan fingerprint density at radius 2 is 1.50 bits per heavy atom. The molecule has 2 amide bonds. The van der Waals surface area contributed by atoms with Gasteiger partial charge in [-0.05, 0) is 45.0 Å². The number of rotatable bonds is 3. The third-order valence-electron chi connectivity index (χ3n) is 3.42. The molecule has 0 heterocycles. The zero-order valence-corrected chi connectivity index (χ0v) is 13.9. The SMILES string of the molecule is CC(C)(C)N(NC(=O)c1ccc(C=O)cc1)C(=O)c1ccccc1. The standard InChI is InChI=1S/C19H20N2O3/c1-19(2,3)21(18(24)16-7-5-4-6-8-16)20-17(23)15-11-9-14(13-22)10-12-15/h4-13H,1-3H3,(H,20,23). The largest absolute Gasteiger partial charge is 0.298 e. The van der Waals surface area contributed by atoms with E-state index in [1.807, 2.05) is 26.8 Å². The monoisotopic (exact) mass is 324 g/mol. The van der Waals surface area contributed by atoms with Crippen molar-refractivity contribution in [3.05, 3.63) is 71.3 Å². The zero-order chi connectivity index (χ0) is 17.7. The molecule has 0 aliphatic rings. The van der Waals surface area contributed by atoms with Gasteiger partial charge in [0, 0.05) is 16.7 Å². The minimum absolute atomic E-state index is 0.291. The molecule has 0 aliphatic heterocycles. The van der Waals surface area contributed by atoms with Gasteiger partial charge in [0.25, 0.3) is 11.8 Å². The molecule has 0 aliphatic carbocycles. The molecule has 0 fully saturated rings. The molecule has 5 nitrogen and oxygen atoms in total. The fraction of sp³-hybridized carbons (Fsp3) is 0.211. The zero-order valence-electron chi connectivity index (χ0n) is 13.9. The van der Waals surface area contributed by atoms with Crippen LogP contribution < -0.4 is 5.43 Å². The highest BCUT2D eigenvalue weighted by atomic mass is 16.2. The first-order chi connectivity index (χ1) is 11.3. The quantitative estimate of drug-likeness (QED) is 0.697. The van der Waals surface area contributed by atoms with Crippen molar-refractivity contribution in [2.45, 2.75) is 26.3 Å². The fourth-order valence-corrected chi connectivity index (χ4v) is 2.11. The highest BCUT2D eigenvalue weighted by Gasteiger charge is 2.29. The molecule has 0 saturated heterocycles. The number of carbonyl (C=O) groups is 3. The van der Waals surface area contributed by atoms with Crippen LogP contribution in [0.2, 0.25) is 0 Å². The van der Waals surface area contributed by atoms with Gasteiger partial charge in [-0.3, -0.25) is 19.8 Å². The second-order valence-corrected chi connectivity index (χ2v) is 6.36. The minimum atomic E-state index is -0.606. The van der Waals surface area contributed by atoms with E-state index in [1.165, 1.54) is 5.01 Å². The van der Waals surface area contributed by atoms with Crippen LogP contribution in [0.1, 0.15) is 51.8 Å². The lowest BCUT2D eigenvalue weighted by atomic mass is 10.1. The average Bonchev–Trinajstić information content (AvgIpc) is 2.58. The highest BCUT2D eigenvalue weighted by Crippen LogP contribution is 2.16. The van der Waals surface area contributed by atoms with E-state index in [9.17, 15) is 14.4 Å². The molecule has 0 unspecified atom stereocenters. The van der Waals surface area contributed by atoms with E-state index in [2.05, 4.69) is 5.43 Å². The lowest BCUT2D eigenvalue weighted by Gasteiger charge is -2.35. The van der Waals surface area contributed by atoms with E-state index in [-0.39, 0.29) is 5.91 Å². The molecule has 124 valence electrons. The van der Waals surface area contributed by atoms with Crippen LogP contribution in [0.3, 0.4) is 0 Å². The molecule has 1 N–H and O–H groups in total. The Labute approximate surface area is 141 Å². The molecule has 2 rings (SSSR count). The van der Waals surface area contributed by atoms with E-state index in [4.69, 9.17) is 0 Å². The molecule has 0 saturated carbocycles. The van der Waals surface area contributed by atoms with Gasteiger partial charge in [0.15, 0.2) is 0 Å². The summed E-state index contributed by atoms with van der Waals surface area (Å²) in [6.07, 6.45) is 0.710. The number of carbonyl (C=O) groups excluding carboxylic acids is 3. The molecule has 2 aromatic rings. The Morgan fingerprint density at radius 1 is 0.917 bits per heavy atom. The summed E-state index contributed by atoms with van der Waals surface area (Å²) in [5.74, 6) is -0.701. The van der Waals surface area contributed by atoms with E-state index in [1.54, 1.807) is 48.5 Å². The van der Waals surface area contributed by atoms with Crippen LogP contribution >= 0.6 is 0 Å². The molecule has 0 atom stereocenters. The number of nitrogens with zero attached hydrogens (tertiary/aromatic N) is 1. The first kappa shape index (κ1) is 17.4. The highest BCUT2D eigenvalue weighted by molar-refractivity contribution is 5.99. The van der Waals surface area contributed by atoms with Crippen molar-refractivity contribution in [1.29, 1.82) is 0 Å². The predicted octanol–water partition coefficient (Wildman–Crippen LogP) is 3.08. The lowest BCUT2D eigenvalue weighted by Crippen LogP contribution is -2.55. The van der Waals surface area contributed by atoms with Gasteiger partial charge in [-0.25, -0.2) is 5.01 Å². The van der Waals surface area contributed by atoms with Gasteiger partial charge in [-0.1, -0.05) is 30.3 Å². The van der Waals surface area contributed by atoms with Crippen LogP contribution in [0.4, 0.5) is 0 Å². The van der Waals surface area contributed by atoms with Crippen LogP contribution in [0.25, 0.3) is 0 Å². The summed E-state index contributed by atoms with van der Waals surface area (Å²) >= 11 is 0. The van der Waals surface area contributed by atoms with E-state index < -0.39 is 11.4 Å². The van der Waals surface area contributed by atoms with Crippen molar-refractivity contribution in [1.82, 2.24) is 10.4 Å². The maximum absolute atomic E-state index is 12.7. The second-order valence-electron chi connectivity index (χ2n) is 6.36. The molecule has 2 aromatic carbocycles. The molecule has 24 heavy (non-hydrogen) atoms. The van der Waals surface area contributed by atoms with Crippen molar-refractivity contribution in [2.24, 2.45) is 0 Å². The number of amides is 2. The molecule has 0 bridgehead atoms. The molecule has 0 aromatic heterocycles. The third-order valence-corrected chi connectivity index (χ3v) is 3.42. The van der Waals surface area contributed by atoms with Crippen molar-refractivity contribution in [3.8, 4) is 0 Å². The number of nitrogens with one attached hydrogen (secondary N) is 1. The smallest absolute Gasteiger partial charge is 0.272 e. The minimum Gasteiger partial charge on any atom is -0.298 e. The van der Waals surface area contributed by atoms with Crippen molar-refractivity contribution < 1.29 is 14.4 Å². The van der Waals surface area contributed by atoms with Gasteiger partial charge < -0.3 is 0 Å². The van der Waals surface area contributed by atoms with Crippen LogP contribution in [0.5, 0.6) is 0 Å². The summed E-state index contributed by atoms with van der Waals surface area (Å²) in [7, 11) is 0. The first-order valence-electron chi connectivity index (χ1n) is 7.59. The van der Waals surface area contributed by atoms with Crippen molar-refractivity contribution in [3.63, 3.8) is 0 Å². The maximum atomic E-state index is 12.7. The normalized spacial score (nSPS) is 10.8. The fourth-order valence-electron chi connectivity index (χ4n) is 2.11. The van der Waals surface area contributed by atoms with Crippen molar-refractivity contribution in [2.75, 3.05) is 0 Å². The number of benzene rings is 2. The molecule has 0 radical (unpaired) electrons. The number of hydrogen-bond donors (Lipinski definition) is 1. The van der Waals surface area contributed by atoms with Gasteiger partial charge in [0.2, 0.25) is 0 Å². The van der Waals surface area contributed by atoms with Gasteiger partial charge in [0.05, 0.1) is 5.54 Å². The van der Waals surface area contributed by atoms with Crippen LogP contribution in [-0.2, 0) is 0 Å². The van der Waals surface area contributed by atoms with Crippen molar-refractivity contribution >= 4 is 18.1 Å². The third kappa shape index (κ3) is 4.07. The van der Waals surface area contributed by atoms with Crippen LogP contribution in [-0.4, -0.2) is 28.6 Å². The second kappa shape index (κ2) is 7.08. The molecular weight excluding hydrogens is 304 g/mol. The summed E-state index contributed by atoms with van der Waals surface area (Å²) in [6, 6.07) is 15.0. The first-order valence-corrected chi connectivity index (χ1v) is 7.59. The number of hydrogen-bond acceptors (Lipinski definition) is 3. The summed E-state index contributed by atoms with van der Waals surface area (Å²) in [5.41, 5.74) is 3.41. The van der Waals surface area contributed by atoms with Gasteiger partial charge in [0.1, 0.15) is 6.29 Å². The van der Waals surface area contributed by atoms with Crippen LogP contribution in [0.15, 0.2) is 54.6 Å². The summed E-state index contributed by atoms with van der Waals surface area (Å²) in [5, 5.41) is 1.32. The van der Waals surface area contributed by atoms with E-state index >= 15 is 0 Å². The molecular formula is C19H20N2O3. The average molecular weight is 324 g/mol. The summed E-state index contributed by atoms with van der Waals surface area (Å²) in [4.78, 5) is 35.9. The Hall–Kier alpha value is -2.95. The van der Waals surface area contributed by atoms with Gasteiger partial charge in [-0.2, -0.15) is 0 Å². The molecule has 5 heteroatoms. The van der Waals surface area contributed by atoms with Gasteiger partial charge >= 0.3 is 0 Å².